The fraction of sp³-hybridized carbons (Fsp3) is 0.167. The maximum Gasteiger partial charge on any atom is 0.265 e. The molecule has 1 aliphatic rings. The molecule has 0 radical (unpaired) electrons. The smallest absolute Gasteiger partial charge is 0.265 e. The molecule has 3 aromatic rings. The molecule has 7 heteroatoms. The lowest BCUT2D eigenvalue weighted by Crippen LogP contribution is -2.41. The lowest BCUT2D eigenvalue weighted by molar-refractivity contribution is -0.121. The Labute approximate surface area is 180 Å². The molecule has 1 N–H and O–H groups in total. The normalized spacial score (nSPS) is 12.5. The van der Waals surface area contributed by atoms with Gasteiger partial charge in [0.25, 0.3) is 11.8 Å². The van der Waals surface area contributed by atoms with Crippen molar-refractivity contribution in [3.8, 4) is 17.2 Å². The summed E-state index contributed by atoms with van der Waals surface area (Å²) in [5.41, 5.74) is 1.66. The monoisotopic (exact) mass is 418 g/mol. The van der Waals surface area contributed by atoms with Crippen LogP contribution in [0.4, 0.5) is 11.4 Å². The summed E-state index contributed by atoms with van der Waals surface area (Å²) in [7, 11) is 1.57. The van der Waals surface area contributed by atoms with Crippen LogP contribution in [0, 0.1) is 0 Å². The molecule has 0 spiro atoms. The van der Waals surface area contributed by atoms with E-state index >= 15 is 0 Å². The second-order valence-electron chi connectivity index (χ2n) is 6.86. The Morgan fingerprint density at radius 1 is 1.03 bits per heavy atom. The highest BCUT2D eigenvalue weighted by Gasteiger charge is 2.26. The minimum absolute atomic E-state index is 0.0319. The van der Waals surface area contributed by atoms with Crippen LogP contribution in [0.5, 0.6) is 17.2 Å². The Hall–Kier alpha value is -4.00. The van der Waals surface area contributed by atoms with Gasteiger partial charge in [-0.3, -0.25) is 9.59 Å². The summed E-state index contributed by atoms with van der Waals surface area (Å²) in [6, 6.07) is 21.5. The first-order valence-electron chi connectivity index (χ1n) is 9.84. The molecule has 3 aromatic carbocycles. The number of rotatable bonds is 7. The van der Waals surface area contributed by atoms with Crippen molar-refractivity contribution in [3.05, 3.63) is 78.4 Å². The number of para-hydroxylation sites is 1. The molecular weight excluding hydrogens is 396 g/mol. The third kappa shape index (κ3) is 4.78. The van der Waals surface area contributed by atoms with Crippen LogP contribution in [0.3, 0.4) is 0 Å². The lowest BCUT2D eigenvalue weighted by atomic mass is 10.1. The number of fused-ring (bicyclic) bond motifs is 1. The van der Waals surface area contributed by atoms with Crippen LogP contribution in [0.2, 0.25) is 0 Å². The quantitative estimate of drug-likeness (QED) is 0.632. The van der Waals surface area contributed by atoms with Gasteiger partial charge in [0.1, 0.15) is 23.9 Å². The third-order valence-corrected chi connectivity index (χ3v) is 4.84. The highest BCUT2D eigenvalue weighted by atomic mass is 16.5. The van der Waals surface area contributed by atoms with Gasteiger partial charge in [0.2, 0.25) is 0 Å². The number of hydrogen-bond donors (Lipinski definition) is 1. The number of carbonyl (C=O) groups is 2. The second-order valence-corrected chi connectivity index (χ2v) is 6.86. The third-order valence-electron chi connectivity index (χ3n) is 4.84. The summed E-state index contributed by atoms with van der Waals surface area (Å²) in [6.45, 7) is 0.660. The van der Waals surface area contributed by atoms with Gasteiger partial charge in [-0.2, -0.15) is 0 Å². The zero-order valence-electron chi connectivity index (χ0n) is 17.0. The number of carbonyl (C=O) groups excluding carboxylic acids is 2. The van der Waals surface area contributed by atoms with Gasteiger partial charge in [-0.25, -0.2) is 0 Å². The van der Waals surface area contributed by atoms with E-state index < -0.39 is 0 Å². The summed E-state index contributed by atoms with van der Waals surface area (Å²) < 4.78 is 16.4. The Morgan fingerprint density at radius 2 is 1.81 bits per heavy atom. The molecule has 1 aliphatic heterocycles. The van der Waals surface area contributed by atoms with E-state index in [2.05, 4.69) is 5.32 Å². The van der Waals surface area contributed by atoms with Crippen LogP contribution in [0.1, 0.15) is 10.4 Å². The van der Waals surface area contributed by atoms with E-state index in [0.29, 0.717) is 41.6 Å². The number of amides is 2. The molecule has 0 unspecified atom stereocenters. The topological polar surface area (TPSA) is 77.1 Å². The van der Waals surface area contributed by atoms with Gasteiger partial charge in [-0.1, -0.05) is 18.2 Å². The fourth-order valence-electron chi connectivity index (χ4n) is 3.24. The first-order valence-corrected chi connectivity index (χ1v) is 9.84. The fourth-order valence-corrected chi connectivity index (χ4v) is 3.24. The molecule has 0 bridgehead atoms. The van der Waals surface area contributed by atoms with Crippen molar-refractivity contribution in [1.29, 1.82) is 0 Å². The molecule has 0 fully saturated rings. The highest BCUT2D eigenvalue weighted by molar-refractivity contribution is 6.05. The minimum atomic E-state index is -0.260. The molecule has 31 heavy (non-hydrogen) atoms. The maximum absolute atomic E-state index is 12.6. The molecule has 2 amide bonds. The molecule has 4 rings (SSSR count). The molecule has 0 aromatic heterocycles. The predicted octanol–water partition coefficient (Wildman–Crippen LogP) is 3.75. The number of ether oxygens (including phenoxy) is 3. The van der Waals surface area contributed by atoms with Crippen LogP contribution in [0.25, 0.3) is 0 Å². The molecule has 158 valence electrons. The number of benzene rings is 3. The SMILES string of the molecule is COc1ccc(C(=O)Nc2ccc3c(c2)N(CCOc2ccccc2)C(=O)CO3)cc1. The van der Waals surface area contributed by atoms with Gasteiger partial charge in [0, 0.05) is 11.3 Å². The summed E-state index contributed by atoms with van der Waals surface area (Å²) in [5.74, 6) is 1.58. The number of hydrogen-bond acceptors (Lipinski definition) is 5. The van der Waals surface area contributed by atoms with Crippen molar-refractivity contribution in [2.24, 2.45) is 0 Å². The van der Waals surface area contributed by atoms with Crippen LogP contribution >= 0.6 is 0 Å². The Kier molecular flexibility index (Phi) is 6.03. The minimum Gasteiger partial charge on any atom is -0.497 e. The van der Waals surface area contributed by atoms with Gasteiger partial charge >= 0.3 is 0 Å². The number of nitrogens with zero attached hydrogens (tertiary/aromatic N) is 1. The summed E-state index contributed by atoms with van der Waals surface area (Å²) in [5, 5.41) is 2.86. The van der Waals surface area contributed by atoms with Crippen LogP contribution in [-0.2, 0) is 4.79 Å². The lowest BCUT2D eigenvalue weighted by Gasteiger charge is -2.29. The standard InChI is InChI=1S/C24H22N2O5/c1-29-19-10-7-17(8-11-19)24(28)25-18-9-12-22-21(15-18)26(23(27)16-31-22)13-14-30-20-5-3-2-4-6-20/h2-12,15H,13-14,16H2,1H3,(H,25,28). The first kappa shape index (κ1) is 20.3. The van der Waals surface area contributed by atoms with E-state index in [1.165, 1.54) is 0 Å². The van der Waals surface area contributed by atoms with E-state index in [0.717, 1.165) is 5.75 Å². The zero-order chi connectivity index (χ0) is 21.6. The molecular formula is C24H22N2O5. The van der Waals surface area contributed by atoms with Crippen molar-refractivity contribution in [2.75, 3.05) is 37.1 Å². The first-order chi connectivity index (χ1) is 15.1. The van der Waals surface area contributed by atoms with E-state index in [1.807, 2.05) is 30.3 Å². The van der Waals surface area contributed by atoms with Crippen LogP contribution in [-0.4, -0.2) is 38.7 Å². The van der Waals surface area contributed by atoms with Crippen molar-refractivity contribution in [1.82, 2.24) is 0 Å². The van der Waals surface area contributed by atoms with Gasteiger partial charge in [0.15, 0.2) is 6.61 Å². The Morgan fingerprint density at radius 3 is 2.55 bits per heavy atom. The molecule has 1 heterocycles. The van der Waals surface area contributed by atoms with Gasteiger partial charge in [0.05, 0.1) is 19.3 Å². The number of methoxy groups -OCH3 is 1. The molecule has 0 saturated heterocycles. The summed E-state index contributed by atoms with van der Waals surface area (Å²) >= 11 is 0. The van der Waals surface area contributed by atoms with Crippen LogP contribution < -0.4 is 24.4 Å². The average Bonchev–Trinajstić information content (AvgIpc) is 2.81. The van der Waals surface area contributed by atoms with Gasteiger partial charge in [-0.05, 0) is 54.6 Å². The summed E-state index contributed by atoms with van der Waals surface area (Å²) in [4.78, 5) is 26.6. The Bertz CT molecular complexity index is 1070. The van der Waals surface area contributed by atoms with Crippen molar-refractivity contribution in [3.63, 3.8) is 0 Å². The average molecular weight is 418 g/mol. The number of anilines is 2. The zero-order valence-corrected chi connectivity index (χ0v) is 17.0. The maximum atomic E-state index is 12.6. The second kappa shape index (κ2) is 9.21. The predicted molar refractivity (Wildman–Crippen MR) is 117 cm³/mol. The van der Waals surface area contributed by atoms with Gasteiger partial charge < -0.3 is 24.4 Å². The highest BCUT2D eigenvalue weighted by Crippen LogP contribution is 2.34. The van der Waals surface area contributed by atoms with Crippen molar-refractivity contribution >= 4 is 23.2 Å². The number of nitrogens with one attached hydrogen (secondary N) is 1. The largest absolute Gasteiger partial charge is 0.497 e. The molecule has 7 nitrogen and oxygen atoms in total. The van der Waals surface area contributed by atoms with Crippen molar-refractivity contribution in [2.45, 2.75) is 0 Å². The van der Waals surface area contributed by atoms with E-state index in [4.69, 9.17) is 14.2 Å². The van der Waals surface area contributed by atoms with Gasteiger partial charge in [-0.15, -0.1) is 0 Å². The van der Waals surface area contributed by atoms with E-state index in [9.17, 15) is 9.59 Å². The molecule has 0 saturated carbocycles. The van der Waals surface area contributed by atoms with E-state index in [-0.39, 0.29) is 18.4 Å². The summed E-state index contributed by atoms with van der Waals surface area (Å²) in [6.07, 6.45) is 0. The van der Waals surface area contributed by atoms with Crippen LogP contribution in [0.15, 0.2) is 72.8 Å². The Balaban J connectivity index is 1.47. The molecule has 0 aliphatic carbocycles. The van der Waals surface area contributed by atoms with E-state index in [1.54, 1.807) is 54.5 Å². The van der Waals surface area contributed by atoms with Crippen molar-refractivity contribution < 1.29 is 23.8 Å². The molecule has 0 atom stereocenters.